The first-order valence-electron chi connectivity index (χ1n) is 6.02. The van der Waals surface area contributed by atoms with Crippen molar-refractivity contribution in [3.05, 3.63) is 29.8 Å². The predicted octanol–water partition coefficient (Wildman–Crippen LogP) is 4.12. The molecule has 0 atom stereocenters. The van der Waals surface area contributed by atoms with Gasteiger partial charge in [0.15, 0.2) is 0 Å². The molecule has 0 bridgehead atoms. The first-order chi connectivity index (χ1) is 9.91. The maximum atomic E-state index is 12.3. The zero-order valence-electron chi connectivity index (χ0n) is 11.5. The highest BCUT2D eigenvalue weighted by Gasteiger charge is 2.59. The molecule has 124 valence electrons. The lowest BCUT2D eigenvalue weighted by Gasteiger charge is -2.22. The average molecular weight is 330 g/mol. The summed E-state index contributed by atoms with van der Waals surface area (Å²) in [4.78, 5) is 11.4. The van der Waals surface area contributed by atoms with Gasteiger partial charge in [-0.1, -0.05) is 0 Å². The van der Waals surface area contributed by atoms with Crippen molar-refractivity contribution in [2.24, 2.45) is 0 Å². The van der Waals surface area contributed by atoms with Crippen LogP contribution in [0.3, 0.4) is 0 Å². The Morgan fingerprint density at radius 3 is 1.77 bits per heavy atom. The van der Waals surface area contributed by atoms with Crippen LogP contribution in [-0.2, 0) is 4.74 Å². The molecule has 0 saturated carbocycles. The number of hydrogen-bond acceptors (Lipinski definition) is 3. The summed E-state index contributed by atoms with van der Waals surface area (Å²) in [5.41, 5.74) is -0.449. The summed E-state index contributed by atoms with van der Waals surface area (Å²) < 4.78 is 82.5. The van der Waals surface area contributed by atoms with Crippen molar-refractivity contribution in [1.82, 2.24) is 0 Å². The van der Waals surface area contributed by atoms with Crippen LogP contribution < -0.4 is 4.74 Å². The first-order valence-corrected chi connectivity index (χ1v) is 6.02. The zero-order valence-corrected chi connectivity index (χ0v) is 11.5. The van der Waals surface area contributed by atoms with Gasteiger partial charge in [0.05, 0.1) is 11.7 Å². The Morgan fingerprint density at radius 2 is 1.41 bits per heavy atom. The molecule has 0 spiro atoms. The topological polar surface area (TPSA) is 35.5 Å². The molecule has 3 nitrogen and oxygen atoms in total. The minimum atomic E-state index is -5.74. The highest BCUT2D eigenvalue weighted by atomic mass is 19.4. The Morgan fingerprint density at radius 1 is 0.955 bits per heavy atom. The second-order valence-corrected chi connectivity index (χ2v) is 4.56. The number of benzene rings is 1. The van der Waals surface area contributed by atoms with Gasteiger partial charge in [0.2, 0.25) is 0 Å². The normalized spacial score (nSPS) is 12.6. The molecule has 0 aromatic heterocycles. The summed E-state index contributed by atoms with van der Waals surface area (Å²) in [6, 6.07) is 4.52. The number of ether oxygens (including phenoxy) is 2. The van der Waals surface area contributed by atoms with Gasteiger partial charge >= 0.3 is 18.3 Å². The minimum Gasteiger partial charge on any atom is -0.491 e. The van der Waals surface area contributed by atoms with Crippen LogP contribution in [0.15, 0.2) is 24.3 Å². The van der Waals surface area contributed by atoms with E-state index < -0.39 is 30.0 Å². The fourth-order valence-corrected chi connectivity index (χ4v) is 1.44. The third-order valence-electron chi connectivity index (χ3n) is 2.28. The van der Waals surface area contributed by atoms with Crippen LogP contribution >= 0.6 is 0 Å². The molecule has 0 unspecified atom stereocenters. The summed E-state index contributed by atoms with van der Waals surface area (Å²) in [5, 5.41) is 0. The van der Waals surface area contributed by atoms with Crippen molar-refractivity contribution in [3.8, 4) is 5.75 Å². The second kappa shape index (κ2) is 6.45. The summed E-state index contributed by atoms with van der Waals surface area (Å²) >= 11 is 0. The van der Waals surface area contributed by atoms with Crippen LogP contribution in [0.1, 0.15) is 24.2 Å². The van der Waals surface area contributed by atoms with Crippen LogP contribution in [0, 0.1) is 0 Å². The fraction of sp³-hybridized carbons (Fsp3) is 0.462. The Kier molecular flexibility index (Phi) is 5.31. The highest BCUT2D eigenvalue weighted by molar-refractivity contribution is 5.89. The summed E-state index contributed by atoms with van der Waals surface area (Å²) in [6.45, 7) is 3.44. The van der Waals surface area contributed by atoms with Gasteiger partial charge in [0.1, 0.15) is 5.75 Å². The Bertz CT molecular complexity index is 490. The summed E-state index contributed by atoms with van der Waals surface area (Å²) in [6.07, 6.45) is -15.8. The predicted molar refractivity (Wildman–Crippen MR) is 63.5 cm³/mol. The summed E-state index contributed by atoms with van der Waals surface area (Å²) in [7, 11) is 0. The monoisotopic (exact) mass is 330 g/mol. The van der Waals surface area contributed by atoms with E-state index in [9.17, 15) is 31.1 Å². The van der Waals surface area contributed by atoms with E-state index in [0.29, 0.717) is 5.75 Å². The molecule has 9 heteroatoms. The molecule has 1 rings (SSSR count). The minimum absolute atomic E-state index is 0.183. The quantitative estimate of drug-likeness (QED) is 0.615. The molecule has 0 N–H and O–H groups in total. The van der Waals surface area contributed by atoms with Gasteiger partial charge in [-0.2, -0.15) is 26.3 Å². The van der Waals surface area contributed by atoms with Gasteiger partial charge < -0.3 is 9.47 Å². The smallest absolute Gasteiger partial charge is 0.434 e. The molecule has 22 heavy (non-hydrogen) atoms. The van der Waals surface area contributed by atoms with Gasteiger partial charge in [0, 0.05) is 0 Å². The van der Waals surface area contributed by atoms with Crippen LogP contribution in [-0.4, -0.2) is 30.5 Å². The van der Waals surface area contributed by atoms with E-state index in [1.807, 2.05) is 0 Å². The largest absolute Gasteiger partial charge is 0.491 e. The lowest BCUT2D eigenvalue weighted by molar-refractivity contribution is -0.307. The van der Waals surface area contributed by atoms with E-state index in [4.69, 9.17) is 4.74 Å². The third-order valence-corrected chi connectivity index (χ3v) is 2.28. The second-order valence-electron chi connectivity index (χ2n) is 4.56. The SMILES string of the molecule is CC(C)Oc1ccc(C(=O)OC(C(F)(F)F)C(F)(F)F)cc1. The number of hydrogen-bond donors (Lipinski definition) is 0. The van der Waals surface area contributed by atoms with E-state index >= 15 is 0 Å². The van der Waals surface area contributed by atoms with E-state index in [0.717, 1.165) is 12.1 Å². The van der Waals surface area contributed by atoms with E-state index in [1.165, 1.54) is 12.1 Å². The molecule has 0 radical (unpaired) electrons. The Labute approximate surface area is 121 Å². The number of rotatable bonds is 4. The van der Waals surface area contributed by atoms with Gasteiger partial charge in [-0.05, 0) is 38.1 Å². The van der Waals surface area contributed by atoms with Crippen LogP contribution in [0.4, 0.5) is 26.3 Å². The van der Waals surface area contributed by atoms with Gasteiger partial charge in [-0.25, -0.2) is 4.79 Å². The molecule has 0 amide bonds. The molecule has 1 aromatic carbocycles. The standard InChI is InChI=1S/C13H12F6O3/c1-7(2)21-9-5-3-8(4-6-9)10(20)22-11(12(14,15)16)13(17,18)19/h3-7,11H,1-2H3. The van der Waals surface area contributed by atoms with Crippen molar-refractivity contribution < 1.29 is 40.6 Å². The molecule has 0 fully saturated rings. The van der Waals surface area contributed by atoms with Crippen molar-refractivity contribution >= 4 is 5.97 Å². The zero-order chi connectivity index (χ0) is 17.1. The Hall–Kier alpha value is -1.93. The number of carbonyl (C=O) groups is 1. The van der Waals surface area contributed by atoms with E-state index in [-0.39, 0.29) is 6.10 Å². The molecule has 0 saturated heterocycles. The molecule has 0 heterocycles. The van der Waals surface area contributed by atoms with Crippen molar-refractivity contribution in [2.45, 2.75) is 38.4 Å². The maximum absolute atomic E-state index is 12.3. The number of halogens is 6. The Balaban J connectivity index is 2.87. The molecule has 0 aliphatic rings. The third kappa shape index (κ3) is 5.12. The fourth-order valence-electron chi connectivity index (χ4n) is 1.44. The molecule has 1 aromatic rings. The van der Waals surface area contributed by atoms with Gasteiger partial charge in [0.25, 0.3) is 6.10 Å². The number of alkyl halides is 6. The molecular formula is C13H12F6O3. The molecular weight excluding hydrogens is 318 g/mol. The van der Waals surface area contributed by atoms with Gasteiger partial charge in [-0.3, -0.25) is 0 Å². The first kappa shape index (κ1) is 18.1. The average Bonchev–Trinajstić information content (AvgIpc) is 2.33. The lowest BCUT2D eigenvalue weighted by atomic mass is 10.2. The van der Waals surface area contributed by atoms with Crippen LogP contribution in [0.2, 0.25) is 0 Å². The van der Waals surface area contributed by atoms with E-state index in [2.05, 4.69) is 4.74 Å². The molecule has 0 aliphatic heterocycles. The lowest BCUT2D eigenvalue weighted by Crippen LogP contribution is -2.45. The van der Waals surface area contributed by atoms with Crippen LogP contribution in [0.5, 0.6) is 5.75 Å². The van der Waals surface area contributed by atoms with Crippen molar-refractivity contribution in [1.29, 1.82) is 0 Å². The number of esters is 1. The van der Waals surface area contributed by atoms with E-state index in [1.54, 1.807) is 13.8 Å². The van der Waals surface area contributed by atoms with Crippen molar-refractivity contribution in [3.63, 3.8) is 0 Å². The maximum Gasteiger partial charge on any atom is 0.434 e. The molecule has 0 aliphatic carbocycles. The summed E-state index contributed by atoms with van der Waals surface area (Å²) in [5.74, 6) is -1.41. The highest BCUT2D eigenvalue weighted by Crippen LogP contribution is 2.36. The van der Waals surface area contributed by atoms with Gasteiger partial charge in [-0.15, -0.1) is 0 Å². The number of carbonyl (C=O) groups excluding carboxylic acids is 1. The van der Waals surface area contributed by atoms with Crippen molar-refractivity contribution in [2.75, 3.05) is 0 Å². The van der Waals surface area contributed by atoms with Crippen LogP contribution in [0.25, 0.3) is 0 Å².